The molecule has 0 saturated carbocycles. The van der Waals surface area contributed by atoms with Gasteiger partial charge in [-0.05, 0) is 30.3 Å². The van der Waals surface area contributed by atoms with Crippen LogP contribution in [0.4, 0.5) is 0 Å². The molecule has 0 unspecified atom stereocenters. The minimum atomic E-state index is 0.638. The molecule has 0 amide bonds. The summed E-state index contributed by atoms with van der Waals surface area (Å²) in [5.74, 6) is 1.47. The molecule has 1 heterocycles. The normalized spacial score (nSPS) is 10.3. The Morgan fingerprint density at radius 2 is 1.67 bits per heavy atom. The van der Waals surface area contributed by atoms with Crippen LogP contribution in [0.15, 0.2) is 42.5 Å². The second kappa shape index (κ2) is 5.22. The average molecular weight is 278 g/mol. The van der Waals surface area contributed by atoms with Gasteiger partial charge in [0, 0.05) is 28.2 Å². The first-order valence-corrected chi connectivity index (χ1v) is 6.50. The van der Waals surface area contributed by atoms with Crippen LogP contribution in [0.2, 0.25) is 0 Å². The highest BCUT2D eigenvalue weighted by Crippen LogP contribution is 2.31. The first-order valence-electron chi connectivity index (χ1n) is 6.50. The lowest BCUT2D eigenvalue weighted by Crippen LogP contribution is -1.88. The van der Waals surface area contributed by atoms with Gasteiger partial charge in [-0.25, -0.2) is 0 Å². The van der Waals surface area contributed by atoms with Crippen molar-refractivity contribution in [2.24, 2.45) is 0 Å². The summed E-state index contributed by atoms with van der Waals surface area (Å²) in [6, 6.07) is 15.5. The second-order valence-corrected chi connectivity index (χ2v) is 4.70. The van der Waals surface area contributed by atoms with E-state index in [0.717, 1.165) is 33.7 Å². The molecule has 0 spiro atoms. The Balaban J connectivity index is 2.13. The summed E-state index contributed by atoms with van der Waals surface area (Å²) in [4.78, 5) is 3.33. The van der Waals surface area contributed by atoms with E-state index < -0.39 is 0 Å². The Bertz CT molecular complexity index is 821. The molecule has 1 aromatic heterocycles. The van der Waals surface area contributed by atoms with Crippen molar-refractivity contribution < 1.29 is 9.47 Å². The predicted molar refractivity (Wildman–Crippen MR) is 81.6 cm³/mol. The van der Waals surface area contributed by atoms with E-state index in [4.69, 9.17) is 14.7 Å². The molecule has 0 aliphatic rings. The number of aromatic nitrogens is 1. The largest absolute Gasteiger partial charge is 0.497 e. The summed E-state index contributed by atoms with van der Waals surface area (Å²) < 4.78 is 10.6. The number of ether oxygens (including phenoxy) is 2. The number of rotatable bonds is 3. The summed E-state index contributed by atoms with van der Waals surface area (Å²) in [5, 5.41) is 10.0. The number of nitriles is 1. The minimum Gasteiger partial charge on any atom is -0.497 e. The van der Waals surface area contributed by atoms with Gasteiger partial charge in [-0.2, -0.15) is 5.26 Å². The Morgan fingerprint density at radius 1 is 0.952 bits per heavy atom. The number of H-pyrrole nitrogens is 1. The first-order chi connectivity index (χ1) is 10.2. The van der Waals surface area contributed by atoms with Crippen molar-refractivity contribution >= 4 is 10.9 Å². The van der Waals surface area contributed by atoms with E-state index >= 15 is 0 Å². The lowest BCUT2D eigenvalue weighted by Gasteiger charge is -2.07. The third-order valence-corrected chi connectivity index (χ3v) is 3.41. The maximum Gasteiger partial charge on any atom is 0.123 e. The first kappa shape index (κ1) is 13.1. The van der Waals surface area contributed by atoms with Gasteiger partial charge in [0.2, 0.25) is 0 Å². The van der Waals surface area contributed by atoms with Crippen LogP contribution in [0.25, 0.3) is 22.2 Å². The summed E-state index contributed by atoms with van der Waals surface area (Å²) in [6.07, 6.45) is 0. The SMILES string of the molecule is COc1cc(OC)cc(-c2cc3ccc(C#N)cc3[nH]2)c1. The van der Waals surface area contributed by atoms with Crippen LogP contribution in [-0.2, 0) is 0 Å². The lowest BCUT2D eigenvalue weighted by molar-refractivity contribution is 0.394. The van der Waals surface area contributed by atoms with Gasteiger partial charge in [0.1, 0.15) is 11.5 Å². The maximum atomic E-state index is 8.96. The summed E-state index contributed by atoms with van der Waals surface area (Å²) in [5.41, 5.74) is 3.50. The van der Waals surface area contributed by atoms with Gasteiger partial charge in [0.25, 0.3) is 0 Å². The topological polar surface area (TPSA) is 58.0 Å². The van der Waals surface area contributed by atoms with E-state index in [2.05, 4.69) is 11.1 Å². The van der Waals surface area contributed by atoms with E-state index in [1.165, 1.54) is 0 Å². The Morgan fingerprint density at radius 3 is 2.29 bits per heavy atom. The smallest absolute Gasteiger partial charge is 0.123 e. The van der Waals surface area contributed by atoms with Crippen molar-refractivity contribution in [3.63, 3.8) is 0 Å². The monoisotopic (exact) mass is 278 g/mol. The van der Waals surface area contributed by atoms with E-state index in [0.29, 0.717) is 5.56 Å². The fourth-order valence-electron chi connectivity index (χ4n) is 2.32. The zero-order chi connectivity index (χ0) is 14.8. The molecule has 1 N–H and O–H groups in total. The van der Waals surface area contributed by atoms with Crippen LogP contribution in [0, 0.1) is 11.3 Å². The van der Waals surface area contributed by atoms with Crippen LogP contribution in [-0.4, -0.2) is 19.2 Å². The standard InChI is InChI=1S/C17H14N2O2/c1-20-14-6-13(7-15(9-14)21-2)17-8-12-4-3-11(10-18)5-16(12)19-17/h3-9,19H,1-2H3. The van der Waals surface area contributed by atoms with Crippen molar-refractivity contribution in [3.8, 4) is 28.8 Å². The molecule has 0 atom stereocenters. The van der Waals surface area contributed by atoms with Crippen molar-refractivity contribution in [1.29, 1.82) is 5.26 Å². The highest BCUT2D eigenvalue weighted by atomic mass is 16.5. The Kier molecular flexibility index (Phi) is 3.25. The van der Waals surface area contributed by atoms with Gasteiger partial charge < -0.3 is 14.5 Å². The molecular weight excluding hydrogens is 264 g/mol. The van der Waals surface area contributed by atoms with Crippen LogP contribution < -0.4 is 9.47 Å². The van der Waals surface area contributed by atoms with Crippen LogP contribution in [0.5, 0.6) is 11.5 Å². The van der Waals surface area contributed by atoms with Gasteiger partial charge in [0.15, 0.2) is 0 Å². The Hall–Kier alpha value is -2.93. The lowest BCUT2D eigenvalue weighted by atomic mass is 10.1. The molecule has 3 rings (SSSR count). The quantitative estimate of drug-likeness (QED) is 0.794. The molecule has 104 valence electrons. The van der Waals surface area contributed by atoms with Gasteiger partial charge in [-0.3, -0.25) is 0 Å². The van der Waals surface area contributed by atoms with Gasteiger partial charge in [-0.15, -0.1) is 0 Å². The van der Waals surface area contributed by atoms with Crippen LogP contribution in [0.1, 0.15) is 5.56 Å². The van der Waals surface area contributed by atoms with Gasteiger partial charge in [0.05, 0.1) is 25.9 Å². The number of methoxy groups -OCH3 is 2. The number of aromatic amines is 1. The number of nitrogens with zero attached hydrogens (tertiary/aromatic N) is 1. The molecule has 4 heteroatoms. The molecule has 0 radical (unpaired) electrons. The average Bonchev–Trinajstić information content (AvgIpc) is 2.97. The van der Waals surface area contributed by atoms with Crippen molar-refractivity contribution in [1.82, 2.24) is 4.98 Å². The fourth-order valence-corrected chi connectivity index (χ4v) is 2.32. The zero-order valence-electron chi connectivity index (χ0n) is 11.8. The summed E-state index contributed by atoms with van der Waals surface area (Å²) in [6.45, 7) is 0. The van der Waals surface area contributed by atoms with E-state index in [9.17, 15) is 0 Å². The highest BCUT2D eigenvalue weighted by molar-refractivity contribution is 5.87. The minimum absolute atomic E-state index is 0.638. The number of benzene rings is 2. The molecule has 2 aromatic carbocycles. The third-order valence-electron chi connectivity index (χ3n) is 3.41. The number of fused-ring (bicyclic) bond motifs is 1. The molecule has 0 aliphatic heterocycles. The van der Waals surface area contributed by atoms with Crippen LogP contribution in [0.3, 0.4) is 0 Å². The highest BCUT2D eigenvalue weighted by Gasteiger charge is 2.08. The van der Waals surface area contributed by atoms with Crippen molar-refractivity contribution in [3.05, 3.63) is 48.0 Å². The second-order valence-electron chi connectivity index (χ2n) is 4.70. The maximum absolute atomic E-state index is 8.96. The number of nitrogens with one attached hydrogen (secondary N) is 1. The molecule has 0 saturated heterocycles. The van der Waals surface area contributed by atoms with Gasteiger partial charge >= 0.3 is 0 Å². The van der Waals surface area contributed by atoms with Crippen LogP contribution >= 0.6 is 0 Å². The van der Waals surface area contributed by atoms with E-state index in [1.54, 1.807) is 14.2 Å². The molecule has 3 aromatic rings. The van der Waals surface area contributed by atoms with E-state index in [-0.39, 0.29) is 0 Å². The summed E-state index contributed by atoms with van der Waals surface area (Å²) in [7, 11) is 3.26. The van der Waals surface area contributed by atoms with Crippen molar-refractivity contribution in [2.45, 2.75) is 0 Å². The third kappa shape index (κ3) is 2.41. The number of hydrogen-bond acceptors (Lipinski definition) is 3. The molecule has 4 nitrogen and oxygen atoms in total. The van der Waals surface area contributed by atoms with Gasteiger partial charge in [-0.1, -0.05) is 6.07 Å². The molecule has 21 heavy (non-hydrogen) atoms. The summed E-state index contributed by atoms with van der Waals surface area (Å²) >= 11 is 0. The molecule has 0 aliphatic carbocycles. The fraction of sp³-hybridized carbons (Fsp3) is 0.118. The van der Waals surface area contributed by atoms with Crippen molar-refractivity contribution in [2.75, 3.05) is 14.2 Å². The zero-order valence-corrected chi connectivity index (χ0v) is 11.8. The predicted octanol–water partition coefficient (Wildman–Crippen LogP) is 3.72. The number of hydrogen-bond donors (Lipinski definition) is 1. The molecule has 0 fully saturated rings. The Labute approximate surface area is 122 Å². The molecular formula is C17H14N2O2. The van der Waals surface area contributed by atoms with E-state index in [1.807, 2.05) is 42.5 Å². The molecule has 0 bridgehead atoms.